The zero-order valence-electron chi connectivity index (χ0n) is 30.7. The summed E-state index contributed by atoms with van der Waals surface area (Å²) in [5.41, 5.74) is 0. The molecule has 1 aliphatic rings. The van der Waals surface area contributed by atoms with Gasteiger partial charge in [-0.3, -0.25) is 0 Å². The average Bonchev–Trinajstić information content (AvgIpc) is 3.24. The van der Waals surface area contributed by atoms with Gasteiger partial charge in [0.15, 0.2) is 0 Å². The van der Waals surface area contributed by atoms with Crippen molar-refractivity contribution in [3.63, 3.8) is 0 Å². The molecule has 0 radical (unpaired) electrons. The summed E-state index contributed by atoms with van der Waals surface area (Å²) >= 11 is -11.3. The SMILES string of the molecule is CC[Si]1(CC)[O][Sb]([c]2ccccc2)([c]2ccccc2)([c]2ccccc2)[O][Si](CC)(CC)[O][Sb]([c]2ccccc2)([c]2ccccc2)([c]2ccccc2)[O]1. The molecule has 0 bridgehead atoms. The number of benzene rings is 6. The van der Waals surface area contributed by atoms with Crippen LogP contribution < -0.4 is 21.1 Å². The first-order valence-corrected chi connectivity index (χ1v) is 34.9. The first kappa shape index (κ1) is 37.5. The van der Waals surface area contributed by atoms with Gasteiger partial charge in [-0.05, 0) is 0 Å². The van der Waals surface area contributed by atoms with Gasteiger partial charge in [0.25, 0.3) is 0 Å². The first-order chi connectivity index (χ1) is 25.4. The third-order valence-corrected chi connectivity index (χ3v) is 62.4. The van der Waals surface area contributed by atoms with E-state index in [-0.39, 0.29) is 0 Å². The molecule has 0 saturated carbocycles. The number of rotatable bonds is 10. The van der Waals surface area contributed by atoms with Crippen LogP contribution in [0.4, 0.5) is 0 Å². The van der Waals surface area contributed by atoms with E-state index in [9.17, 15) is 0 Å². The molecule has 1 heterocycles. The summed E-state index contributed by atoms with van der Waals surface area (Å²) < 4.78 is 41.1. The Labute approximate surface area is 316 Å². The monoisotopic (exact) mass is 940 g/mol. The Morgan fingerprint density at radius 3 is 0.577 bits per heavy atom. The zero-order valence-corrected chi connectivity index (χ0v) is 37.8. The molecule has 1 saturated heterocycles. The third kappa shape index (κ3) is 5.69. The normalized spacial score (nSPS) is 21.1. The van der Waals surface area contributed by atoms with E-state index < -0.39 is 53.6 Å². The molecule has 0 aromatic heterocycles. The second-order valence-electron chi connectivity index (χ2n) is 13.5. The first-order valence-electron chi connectivity index (χ1n) is 18.6. The molecule has 0 unspecified atom stereocenters. The van der Waals surface area contributed by atoms with Gasteiger partial charge in [-0.1, -0.05) is 0 Å². The molecule has 7 rings (SSSR count). The van der Waals surface area contributed by atoms with Gasteiger partial charge in [-0.25, -0.2) is 0 Å². The van der Waals surface area contributed by atoms with E-state index in [1.807, 2.05) is 0 Å². The summed E-state index contributed by atoms with van der Waals surface area (Å²) in [5.74, 6) is 0. The Bertz CT molecular complexity index is 1690. The van der Waals surface area contributed by atoms with E-state index in [4.69, 9.17) is 10.8 Å². The van der Waals surface area contributed by atoms with Crippen LogP contribution in [0.3, 0.4) is 0 Å². The summed E-state index contributed by atoms with van der Waals surface area (Å²) in [7, 11) is -6.72. The molecule has 0 N–H and O–H groups in total. The summed E-state index contributed by atoms with van der Waals surface area (Å²) in [5, 5.41) is 0. The molecule has 0 aliphatic carbocycles. The van der Waals surface area contributed by atoms with Crippen LogP contribution in [0.2, 0.25) is 24.2 Å². The number of hydrogen-bond donors (Lipinski definition) is 0. The Kier molecular flexibility index (Phi) is 10.7. The molecule has 0 atom stereocenters. The molecule has 1 aliphatic heterocycles. The van der Waals surface area contributed by atoms with E-state index in [2.05, 4.69) is 210 Å². The maximum absolute atomic E-state index is 8.62. The Hall–Kier alpha value is -2.77. The fourth-order valence-electron chi connectivity index (χ4n) is 8.08. The second kappa shape index (κ2) is 14.8. The van der Waals surface area contributed by atoms with Crippen LogP contribution in [0.25, 0.3) is 0 Å². The Morgan fingerprint density at radius 1 is 0.288 bits per heavy atom. The van der Waals surface area contributed by atoms with Crippen molar-refractivity contribution >= 4 is 74.7 Å². The van der Waals surface area contributed by atoms with E-state index in [1.165, 1.54) is 0 Å². The van der Waals surface area contributed by atoms with Crippen LogP contribution >= 0.6 is 0 Å². The molecular weight excluding hydrogens is 892 g/mol. The van der Waals surface area contributed by atoms with Crippen molar-refractivity contribution in [3.05, 3.63) is 182 Å². The number of hydrogen-bond acceptors (Lipinski definition) is 4. The van der Waals surface area contributed by atoms with Gasteiger partial charge in [-0.15, -0.1) is 0 Å². The molecular formula is C44H50O4Sb2Si2. The summed E-state index contributed by atoms with van der Waals surface area (Å²) in [6.45, 7) is 9.04. The second-order valence-corrected chi connectivity index (χ2v) is 46.8. The molecule has 1 fully saturated rings. The van der Waals surface area contributed by atoms with Crippen LogP contribution in [0.15, 0.2) is 182 Å². The third-order valence-electron chi connectivity index (χ3n) is 10.9. The van der Waals surface area contributed by atoms with Crippen molar-refractivity contribution in [2.45, 2.75) is 51.9 Å². The van der Waals surface area contributed by atoms with Gasteiger partial charge in [-0.2, -0.15) is 0 Å². The van der Waals surface area contributed by atoms with Crippen LogP contribution in [-0.4, -0.2) is 53.6 Å². The molecule has 0 spiro atoms. The molecule has 268 valence electrons. The van der Waals surface area contributed by atoms with Crippen molar-refractivity contribution < 1.29 is 10.8 Å². The predicted octanol–water partition coefficient (Wildman–Crippen LogP) is 7.27. The molecule has 4 nitrogen and oxygen atoms in total. The van der Waals surface area contributed by atoms with Gasteiger partial charge in [0.2, 0.25) is 0 Å². The quantitative estimate of drug-likeness (QED) is 0.136. The van der Waals surface area contributed by atoms with E-state index >= 15 is 0 Å². The van der Waals surface area contributed by atoms with Gasteiger partial charge in [0, 0.05) is 0 Å². The molecule has 0 amide bonds. The van der Waals surface area contributed by atoms with Crippen molar-refractivity contribution in [2.24, 2.45) is 0 Å². The summed E-state index contributed by atoms with van der Waals surface area (Å²) in [6.07, 6.45) is 0. The van der Waals surface area contributed by atoms with Crippen LogP contribution in [0.1, 0.15) is 27.7 Å². The fourth-order valence-corrected chi connectivity index (χ4v) is 79.3. The fraction of sp³-hybridized carbons (Fsp3) is 0.182. The van der Waals surface area contributed by atoms with Crippen molar-refractivity contribution in [1.82, 2.24) is 0 Å². The standard InChI is InChI=1S/6C6H5.2C4H10O2Si.2Sb/c6*1-2-4-6-5-3-1;2*1-3-7(5,6)4-2;;/h6*1-5H;2*3-4H2,1-2H3;;/q;;;;;;2*-2;2*+2. The minimum atomic E-state index is -5.63. The predicted molar refractivity (Wildman–Crippen MR) is 226 cm³/mol. The van der Waals surface area contributed by atoms with Crippen LogP contribution in [-0.2, 0) is 10.8 Å². The summed E-state index contributed by atoms with van der Waals surface area (Å²) in [4.78, 5) is 0. The van der Waals surface area contributed by atoms with Gasteiger partial charge >= 0.3 is 319 Å². The topological polar surface area (TPSA) is 36.9 Å². The Morgan fingerprint density at radius 2 is 0.442 bits per heavy atom. The molecule has 8 heteroatoms. The Balaban J connectivity index is 1.73. The maximum atomic E-state index is 8.62. The van der Waals surface area contributed by atoms with Gasteiger partial charge < -0.3 is 0 Å². The van der Waals surface area contributed by atoms with Crippen molar-refractivity contribution in [1.29, 1.82) is 0 Å². The summed E-state index contributed by atoms with van der Waals surface area (Å²) in [6, 6.07) is 68.0. The van der Waals surface area contributed by atoms with Crippen LogP contribution in [0.5, 0.6) is 0 Å². The molecule has 6 aromatic carbocycles. The zero-order chi connectivity index (χ0) is 36.2. The minimum absolute atomic E-state index is 0.714. The van der Waals surface area contributed by atoms with Crippen molar-refractivity contribution in [3.8, 4) is 0 Å². The van der Waals surface area contributed by atoms with E-state index in [0.29, 0.717) is 24.2 Å². The van der Waals surface area contributed by atoms with Gasteiger partial charge in [0.05, 0.1) is 0 Å². The van der Waals surface area contributed by atoms with Crippen LogP contribution in [0, 0.1) is 0 Å². The average molecular weight is 943 g/mol. The van der Waals surface area contributed by atoms with Gasteiger partial charge in [0.1, 0.15) is 0 Å². The molecule has 6 aromatic rings. The van der Waals surface area contributed by atoms with Crippen molar-refractivity contribution in [2.75, 3.05) is 0 Å². The molecule has 52 heavy (non-hydrogen) atoms. The van der Waals surface area contributed by atoms with E-state index in [1.54, 1.807) is 0 Å². The van der Waals surface area contributed by atoms with E-state index in [0.717, 1.165) is 21.1 Å².